The van der Waals surface area contributed by atoms with Gasteiger partial charge in [-0.25, -0.2) is 0 Å². The summed E-state index contributed by atoms with van der Waals surface area (Å²) in [6.45, 7) is 9.56. The van der Waals surface area contributed by atoms with Crippen LogP contribution in [-0.2, 0) is 9.59 Å². The number of rotatable bonds is 4. The first-order valence-electron chi connectivity index (χ1n) is 6.76. The SMILES string of the molecule is CN1CCN(C(=O)CNCC(=O)NC(C)(C)C)CC1. The van der Waals surface area contributed by atoms with Crippen LogP contribution in [0.3, 0.4) is 0 Å². The third-order valence-electron chi connectivity index (χ3n) is 2.93. The summed E-state index contributed by atoms with van der Waals surface area (Å²) < 4.78 is 0. The van der Waals surface area contributed by atoms with E-state index in [0.717, 1.165) is 26.2 Å². The van der Waals surface area contributed by atoms with Crippen molar-refractivity contribution >= 4 is 11.8 Å². The Labute approximate surface area is 115 Å². The fourth-order valence-corrected chi connectivity index (χ4v) is 1.91. The molecule has 2 N–H and O–H groups in total. The number of nitrogens with zero attached hydrogens (tertiary/aromatic N) is 2. The summed E-state index contributed by atoms with van der Waals surface area (Å²) >= 11 is 0. The Balaban J connectivity index is 2.18. The molecule has 0 unspecified atom stereocenters. The zero-order valence-electron chi connectivity index (χ0n) is 12.5. The molecule has 2 amide bonds. The molecule has 1 heterocycles. The molecular weight excluding hydrogens is 244 g/mol. The van der Waals surface area contributed by atoms with Gasteiger partial charge in [-0.3, -0.25) is 14.9 Å². The number of carbonyl (C=O) groups is 2. The molecule has 0 spiro atoms. The average molecular weight is 270 g/mol. The predicted molar refractivity (Wildman–Crippen MR) is 74.8 cm³/mol. The molecule has 0 aromatic rings. The number of amides is 2. The maximum Gasteiger partial charge on any atom is 0.236 e. The van der Waals surface area contributed by atoms with Crippen LogP contribution in [0.15, 0.2) is 0 Å². The van der Waals surface area contributed by atoms with Gasteiger partial charge in [0.25, 0.3) is 0 Å². The standard InChI is InChI=1S/C13H26N4O2/c1-13(2,3)15-11(18)9-14-10-12(19)17-7-5-16(4)6-8-17/h14H,5-10H2,1-4H3,(H,15,18). The Morgan fingerprint density at radius 1 is 1.05 bits per heavy atom. The molecule has 1 rings (SSSR count). The van der Waals surface area contributed by atoms with Crippen molar-refractivity contribution in [1.82, 2.24) is 20.4 Å². The lowest BCUT2D eigenvalue weighted by Gasteiger charge is -2.32. The first-order valence-corrected chi connectivity index (χ1v) is 6.76. The van der Waals surface area contributed by atoms with Gasteiger partial charge in [0.15, 0.2) is 0 Å². The molecule has 110 valence electrons. The van der Waals surface area contributed by atoms with Gasteiger partial charge in [-0.2, -0.15) is 0 Å². The lowest BCUT2D eigenvalue weighted by molar-refractivity contribution is -0.131. The van der Waals surface area contributed by atoms with E-state index in [-0.39, 0.29) is 30.4 Å². The molecule has 1 saturated heterocycles. The summed E-state index contributed by atoms with van der Waals surface area (Å²) in [6.07, 6.45) is 0. The van der Waals surface area contributed by atoms with Gasteiger partial charge >= 0.3 is 0 Å². The van der Waals surface area contributed by atoms with E-state index in [1.807, 2.05) is 25.7 Å². The highest BCUT2D eigenvalue weighted by Crippen LogP contribution is 1.99. The second-order valence-electron chi connectivity index (χ2n) is 6.09. The van der Waals surface area contributed by atoms with Crippen LogP contribution in [-0.4, -0.2) is 73.5 Å². The molecule has 1 aliphatic heterocycles. The van der Waals surface area contributed by atoms with Gasteiger partial charge < -0.3 is 15.1 Å². The predicted octanol–water partition coefficient (Wildman–Crippen LogP) is -0.735. The quantitative estimate of drug-likeness (QED) is 0.706. The number of carbonyl (C=O) groups excluding carboxylic acids is 2. The van der Waals surface area contributed by atoms with E-state index >= 15 is 0 Å². The second kappa shape index (κ2) is 6.86. The van der Waals surface area contributed by atoms with Crippen LogP contribution in [0.5, 0.6) is 0 Å². The number of piperazine rings is 1. The normalized spacial score (nSPS) is 17.4. The van der Waals surface area contributed by atoms with Crippen molar-refractivity contribution < 1.29 is 9.59 Å². The average Bonchev–Trinajstić information content (AvgIpc) is 2.27. The number of nitrogens with one attached hydrogen (secondary N) is 2. The van der Waals surface area contributed by atoms with Crippen molar-refractivity contribution in [2.75, 3.05) is 46.3 Å². The Bertz CT molecular complexity index is 317. The third kappa shape index (κ3) is 6.54. The van der Waals surface area contributed by atoms with Gasteiger partial charge in [0, 0.05) is 31.7 Å². The molecule has 1 aliphatic rings. The molecule has 0 radical (unpaired) electrons. The smallest absolute Gasteiger partial charge is 0.236 e. The van der Waals surface area contributed by atoms with Crippen LogP contribution in [0.4, 0.5) is 0 Å². The van der Waals surface area contributed by atoms with Crippen LogP contribution in [0.2, 0.25) is 0 Å². The Kier molecular flexibility index (Phi) is 5.75. The zero-order chi connectivity index (χ0) is 14.5. The van der Waals surface area contributed by atoms with Crippen molar-refractivity contribution in [3.63, 3.8) is 0 Å². The van der Waals surface area contributed by atoms with Crippen LogP contribution >= 0.6 is 0 Å². The van der Waals surface area contributed by atoms with Gasteiger partial charge in [0.05, 0.1) is 13.1 Å². The monoisotopic (exact) mass is 270 g/mol. The molecule has 6 heteroatoms. The molecule has 0 aliphatic carbocycles. The maximum absolute atomic E-state index is 11.9. The lowest BCUT2D eigenvalue weighted by Crippen LogP contribution is -2.51. The Morgan fingerprint density at radius 2 is 1.63 bits per heavy atom. The van der Waals surface area contributed by atoms with Crippen molar-refractivity contribution in [1.29, 1.82) is 0 Å². The van der Waals surface area contributed by atoms with E-state index < -0.39 is 0 Å². The number of likely N-dealkylation sites (N-methyl/N-ethyl adjacent to an activating group) is 1. The largest absolute Gasteiger partial charge is 0.350 e. The van der Waals surface area contributed by atoms with Crippen molar-refractivity contribution in [2.24, 2.45) is 0 Å². The van der Waals surface area contributed by atoms with Crippen LogP contribution < -0.4 is 10.6 Å². The van der Waals surface area contributed by atoms with E-state index in [0.29, 0.717) is 0 Å². The van der Waals surface area contributed by atoms with Crippen molar-refractivity contribution in [2.45, 2.75) is 26.3 Å². The molecule has 0 saturated carbocycles. The summed E-state index contributed by atoms with van der Waals surface area (Å²) in [5, 5.41) is 5.74. The van der Waals surface area contributed by atoms with Gasteiger partial charge in [0.2, 0.25) is 11.8 Å². The zero-order valence-corrected chi connectivity index (χ0v) is 12.5. The number of hydrogen-bond acceptors (Lipinski definition) is 4. The first-order chi connectivity index (χ1) is 8.78. The van der Waals surface area contributed by atoms with Crippen LogP contribution in [0.25, 0.3) is 0 Å². The van der Waals surface area contributed by atoms with Gasteiger partial charge in [-0.05, 0) is 27.8 Å². The maximum atomic E-state index is 11.9. The minimum atomic E-state index is -0.236. The van der Waals surface area contributed by atoms with Crippen LogP contribution in [0.1, 0.15) is 20.8 Å². The van der Waals surface area contributed by atoms with Gasteiger partial charge in [-0.15, -0.1) is 0 Å². The first kappa shape index (κ1) is 15.9. The molecule has 6 nitrogen and oxygen atoms in total. The molecule has 0 aromatic heterocycles. The molecule has 19 heavy (non-hydrogen) atoms. The molecule has 0 bridgehead atoms. The van der Waals surface area contributed by atoms with Crippen molar-refractivity contribution in [3.05, 3.63) is 0 Å². The Hall–Kier alpha value is -1.14. The summed E-state index contributed by atoms with van der Waals surface area (Å²) in [6, 6.07) is 0. The highest BCUT2D eigenvalue weighted by molar-refractivity contribution is 5.81. The van der Waals surface area contributed by atoms with E-state index in [2.05, 4.69) is 22.6 Å². The Morgan fingerprint density at radius 3 is 2.16 bits per heavy atom. The fourth-order valence-electron chi connectivity index (χ4n) is 1.91. The fraction of sp³-hybridized carbons (Fsp3) is 0.846. The number of hydrogen-bond donors (Lipinski definition) is 2. The van der Waals surface area contributed by atoms with Crippen LogP contribution in [0, 0.1) is 0 Å². The summed E-state index contributed by atoms with van der Waals surface area (Å²) in [4.78, 5) is 27.5. The molecule has 0 atom stereocenters. The van der Waals surface area contributed by atoms with E-state index in [1.54, 1.807) is 0 Å². The lowest BCUT2D eigenvalue weighted by atomic mass is 10.1. The highest BCUT2D eigenvalue weighted by atomic mass is 16.2. The third-order valence-corrected chi connectivity index (χ3v) is 2.93. The second-order valence-corrected chi connectivity index (χ2v) is 6.09. The minimum Gasteiger partial charge on any atom is -0.350 e. The summed E-state index contributed by atoms with van der Waals surface area (Å²) in [7, 11) is 2.05. The molecule has 1 fully saturated rings. The van der Waals surface area contributed by atoms with Gasteiger partial charge in [-0.1, -0.05) is 0 Å². The summed E-state index contributed by atoms with van der Waals surface area (Å²) in [5.41, 5.74) is -0.236. The van der Waals surface area contributed by atoms with Crippen molar-refractivity contribution in [3.8, 4) is 0 Å². The molecule has 0 aromatic carbocycles. The van der Waals surface area contributed by atoms with E-state index in [9.17, 15) is 9.59 Å². The summed E-state index contributed by atoms with van der Waals surface area (Å²) in [5.74, 6) is -0.0182. The topological polar surface area (TPSA) is 64.7 Å². The van der Waals surface area contributed by atoms with E-state index in [4.69, 9.17) is 0 Å². The van der Waals surface area contributed by atoms with E-state index in [1.165, 1.54) is 0 Å². The highest BCUT2D eigenvalue weighted by Gasteiger charge is 2.19. The van der Waals surface area contributed by atoms with Gasteiger partial charge in [0.1, 0.15) is 0 Å². The molecular formula is C13H26N4O2. The minimum absolute atomic E-state index is 0.0664.